The molecule has 1 aromatic heterocycles. The number of nitrogens with zero attached hydrogens (tertiary/aromatic N) is 2. The van der Waals surface area contributed by atoms with E-state index in [9.17, 15) is 4.79 Å². The summed E-state index contributed by atoms with van der Waals surface area (Å²) < 4.78 is 1.01. The molecular weight excluding hydrogens is 328 g/mol. The van der Waals surface area contributed by atoms with Crippen molar-refractivity contribution in [2.75, 3.05) is 13.1 Å². The van der Waals surface area contributed by atoms with Gasteiger partial charge in [-0.15, -0.1) is 0 Å². The predicted octanol–water partition coefficient (Wildman–Crippen LogP) is 4.30. The van der Waals surface area contributed by atoms with Crippen LogP contribution in [0.3, 0.4) is 0 Å². The summed E-state index contributed by atoms with van der Waals surface area (Å²) in [5.41, 5.74) is 3.81. The Hall–Kier alpha value is -1.68. The van der Waals surface area contributed by atoms with E-state index in [0.717, 1.165) is 15.6 Å². The first-order valence-corrected chi connectivity index (χ1v) is 7.87. The molecule has 0 N–H and O–H groups in total. The van der Waals surface area contributed by atoms with Crippen LogP contribution < -0.4 is 0 Å². The van der Waals surface area contributed by atoms with Crippen LogP contribution in [0.4, 0.5) is 0 Å². The molecule has 0 atom stereocenters. The molecule has 0 spiro atoms. The summed E-state index contributed by atoms with van der Waals surface area (Å²) in [6, 6.07) is 8.07. The summed E-state index contributed by atoms with van der Waals surface area (Å²) >= 11 is 3.58. The molecule has 0 saturated heterocycles. The van der Waals surface area contributed by atoms with Gasteiger partial charge in [0.1, 0.15) is 0 Å². The van der Waals surface area contributed by atoms with Gasteiger partial charge in [0.25, 0.3) is 5.91 Å². The molecule has 4 heteroatoms. The Morgan fingerprint density at radius 2 is 1.90 bits per heavy atom. The molecule has 0 fully saturated rings. The minimum Gasteiger partial charge on any atom is -0.339 e. The molecule has 2 aromatic rings. The van der Waals surface area contributed by atoms with Crippen LogP contribution in [0, 0.1) is 6.92 Å². The van der Waals surface area contributed by atoms with Gasteiger partial charge in [-0.25, -0.2) is 0 Å². The van der Waals surface area contributed by atoms with Gasteiger partial charge in [-0.1, -0.05) is 28.1 Å². The SMILES string of the molecule is CCN(CC)C(=O)c1cncc(-c2ccc(C)cc2Br)c1. The first kappa shape index (κ1) is 15.7. The van der Waals surface area contributed by atoms with E-state index in [4.69, 9.17) is 0 Å². The van der Waals surface area contributed by atoms with Crippen molar-refractivity contribution in [1.29, 1.82) is 0 Å². The number of hydrogen-bond acceptors (Lipinski definition) is 2. The maximum Gasteiger partial charge on any atom is 0.255 e. The Morgan fingerprint density at radius 1 is 1.19 bits per heavy atom. The van der Waals surface area contributed by atoms with Crippen LogP contribution in [0.25, 0.3) is 11.1 Å². The molecule has 21 heavy (non-hydrogen) atoms. The lowest BCUT2D eigenvalue weighted by atomic mass is 10.0. The molecule has 1 heterocycles. The van der Waals surface area contributed by atoms with E-state index in [0.29, 0.717) is 18.7 Å². The quantitative estimate of drug-likeness (QED) is 0.826. The number of amides is 1. The first-order valence-electron chi connectivity index (χ1n) is 7.07. The molecule has 0 unspecified atom stereocenters. The Bertz CT molecular complexity index is 651. The molecular formula is C17H19BrN2O. The van der Waals surface area contributed by atoms with Crippen LogP contribution in [-0.4, -0.2) is 28.9 Å². The second kappa shape index (κ2) is 6.85. The monoisotopic (exact) mass is 346 g/mol. The Balaban J connectivity index is 2.40. The molecule has 1 amide bonds. The van der Waals surface area contributed by atoms with Crippen LogP contribution >= 0.6 is 15.9 Å². The third kappa shape index (κ3) is 3.50. The Labute approximate surface area is 134 Å². The zero-order valence-electron chi connectivity index (χ0n) is 12.6. The van der Waals surface area contributed by atoms with Gasteiger partial charge < -0.3 is 4.90 Å². The first-order chi connectivity index (χ1) is 10.1. The topological polar surface area (TPSA) is 33.2 Å². The maximum absolute atomic E-state index is 12.4. The maximum atomic E-state index is 12.4. The Morgan fingerprint density at radius 3 is 2.52 bits per heavy atom. The van der Waals surface area contributed by atoms with Crippen LogP contribution in [-0.2, 0) is 0 Å². The molecule has 0 aliphatic carbocycles. The average molecular weight is 347 g/mol. The lowest BCUT2D eigenvalue weighted by Gasteiger charge is -2.18. The standard InChI is InChI=1S/C17H19BrN2O/c1-4-20(5-2)17(21)14-9-13(10-19-11-14)15-7-6-12(3)8-16(15)18/h6-11H,4-5H2,1-3H3. The fourth-order valence-corrected chi connectivity index (χ4v) is 2.97. The van der Waals surface area contributed by atoms with E-state index >= 15 is 0 Å². The largest absolute Gasteiger partial charge is 0.339 e. The van der Waals surface area contributed by atoms with E-state index in [-0.39, 0.29) is 5.91 Å². The summed E-state index contributed by atoms with van der Waals surface area (Å²) in [4.78, 5) is 18.4. The van der Waals surface area contributed by atoms with E-state index in [2.05, 4.69) is 33.0 Å². The molecule has 2 rings (SSSR count). The Kier molecular flexibility index (Phi) is 5.12. The van der Waals surface area contributed by atoms with Crippen molar-refractivity contribution in [1.82, 2.24) is 9.88 Å². The lowest BCUT2D eigenvalue weighted by molar-refractivity contribution is 0.0772. The zero-order valence-corrected chi connectivity index (χ0v) is 14.1. The molecule has 1 aromatic carbocycles. The highest BCUT2D eigenvalue weighted by Gasteiger charge is 2.14. The average Bonchev–Trinajstić information content (AvgIpc) is 2.48. The third-order valence-electron chi connectivity index (χ3n) is 3.47. The fourth-order valence-electron chi connectivity index (χ4n) is 2.25. The zero-order chi connectivity index (χ0) is 15.4. The summed E-state index contributed by atoms with van der Waals surface area (Å²) in [7, 11) is 0. The minimum atomic E-state index is 0.0255. The van der Waals surface area contributed by atoms with Crippen molar-refractivity contribution in [3.8, 4) is 11.1 Å². The lowest BCUT2D eigenvalue weighted by Crippen LogP contribution is -2.30. The normalized spacial score (nSPS) is 10.5. The van der Waals surface area contributed by atoms with E-state index in [1.807, 2.05) is 32.9 Å². The van der Waals surface area contributed by atoms with Crippen molar-refractivity contribution in [3.05, 3.63) is 52.3 Å². The van der Waals surface area contributed by atoms with Crippen molar-refractivity contribution >= 4 is 21.8 Å². The predicted molar refractivity (Wildman–Crippen MR) is 89.4 cm³/mol. The van der Waals surface area contributed by atoms with E-state index < -0.39 is 0 Å². The fraction of sp³-hybridized carbons (Fsp3) is 0.294. The number of benzene rings is 1. The summed E-state index contributed by atoms with van der Waals surface area (Å²) in [6.45, 7) is 7.42. The number of pyridine rings is 1. The molecule has 0 bridgehead atoms. The number of aryl methyl sites for hydroxylation is 1. The van der Waals surface area contributed by atoms with Gasteiger partial charge in [0, 0.05) is 35.5 Å². The summed E-state index contributed by atoms with van der Waals surface area (Å²) in [5.74, 6) is 0.0255. The van der Waals surface area contributed by atoms with Gasteiger partial charge in [-0.05, 0) is 44.0 Å². The highest BCUT2D eigenvalue weighted by Crippen LogP contribution is 2.29. The number of carbonyl (C=O) groups is 1. The van der Waals surface area contributed by atoms with Gasteiger partial charge in [-0.3, -0.25) is 9.78 Å². The van der Waals surface area contributed by atoms with Gasteiger partial charge in [0.2, 0.25) is 0 Å². The highest BCUT2D eigenvalue weighted by atomic mass is 79.9. The molecule has 110 valence electrons. The van der Waals surface area contributed by atoms with Crippen molar-refractivity contribution in [2.24, 2.45) is 0 Å². The number of halogens is 1. The third-order valence-corrected chi connectivity index (χ3v) is 4.13. The highest BCUT2D eigenvalue weighted by molar-refractivity contribution is 9.10. The van der Waals surface area contributed by atoms with Crippen molar-refractivity contribution < 1.29 is 4.79 Å². The van der Waals surface area contributed by atoms with Gasteiger partial charge in [0.15, 0.2) is 0 Å². The number of aromatic nitrogens is 1. The molecule has 0 aliphatic rings. The van der Waals surface area contributed by atoms with E-state index in [1.54, 1.807) is 17.3 Å². The van der Waals surface area contributed by atoms with Gasteiger partial charge >= 0.3 is 0 Å². The number of carbonyl (C=O) groups excluding carboxylic acids is 1. The van der Waals surface area contributed by atoms with Gasteiger partial charge in [-0.2, -0.15) is 0 Å². The summed E-state index contributed by atoms with van der Waals surface area (Å²) in [6.07, 6.45) is 3.42. The number of hydrogen-bond donors (Lipinski definition) is 0. The minimum absolute atomic E-state index is 0.0255. The molecule has 0 radical (unpaired) electrons. The second-order valence-corrected chi connectivity index (χ2v) is 5.78. The smallest absolute Gasteiger partial charge is 0.255 e. The van der Waals surface area contributed by atoms with E-state index in [1.165, 1.54) is 5.56 Å². The van der Waals surface area contributed by atoms with Crippen LogP contribution in [0.15, 0.2) is 41.1 Å². The van der Waals surface area contributed by atoms with Gasteiger partial charge in [0.05, 0.1) is 5.56 Å². The summed E-state index contributed by atoms with van der Waals surface area (Å²) in [5, 5.41) is 0. The van der Waals surface area contributed by atoms with Crippen molar-refractivity contribution in [3.63, 3.8) is 0 Å². The van der Waals surface area contributed by atoms with Crippen LogP contribution in [0.5, 0.6) is 0 Å². The molecule has 0 saturated carbocycles. The second-order valence-electron chi connectivity index (χ2n) is 4.92. The molecule has 3 nitrogen and oxygen atoms in total. The van der Waals surface area contributed by atoms with Crippen molar-refractivity contribution in [2.45, 2.75) is 20.8 Å². The molecule has 0 aliphatic heterocycles. The number of rotatable bonds is 4. The van der Waals surface area contributed by atoms with Crippen LogP contribution in [0.2, 0.25) is 0 Å². The van der Waals surface area contributed by atoms with Crippen LogP contribution in [0.1, 0.15) is 29.8 Å².